The van der Waals surface area contributed by atoms with Crippen LogP contribution in [0.2, 0.25) is 0 Å². The van der Waals surface area contributed by atoms with E-state index in [4.69, 9.17) is 0 Å². The molecule has 3 rings (SSSR count). The van der Waals surface area contributed by atoms with Crippen molar-refractivity contribution >= 4 is 29.0 Å². The van der Waals surface area contributed by atoms with Gasteiger partial charge < -0.3 is 5.32 Å². The number of nitrogens with one attached hydrogen (secondary N) is 1. The van der Waals surface area contributed by atoms with Crippen molar-refractivity contribution in [2.75, 3.05) is 16.8 Å². The second kappa shape index (κ2) is 5.68. The van der Waals surface area contributed by atoms with Crippen LogP contribution in [0.5, 0.6) is 0 Å². The van der Waals surface area contributed by atoms with E-state index in [1.54, 1.807) is 24.3 Å². The molecule has 0 spiro atoms. The van der Waals surface area contributed by atoms with Gasteiger partial charge in [0.05, 0.1) is 11.3 Å². The van der Waals surface area contributed by atoms with E-state index in [2.05, 4.69) is 5.32 Å². The number of para-hydroxylation sites is 1. The molecule has 2 aromatic carbocycles. The summed E-state index contributed by atoms with van der Waals surface area (Å²) >= 11 is 0. The van der Waals surface area contributed by atoms with E-state index < -0.39 is 11.7 Å². The maximum atomic E-state index is 12.3. The molecule has 5 nitrogen and oxygen atoms in total. The highest BCUT2D eigenvalue weighted by atomic mass is 16.2. The van der Waals surface area contributed by atoms with Crippen LogP contribution in [0.4, 0.5) is 11.4 Å². The lowest BCUT2D eigenvalue weighted by Crippen LogP contribution is -2.37. The first-order chi connectivity index (χ1) is 11.0. The molecule has 0 saturated carbocycles. The van der Waals surface area contributed by atoms with Crippen molar-refractivity contribution in [1.29, 1.82) is 0 Å². The first-order valence-corrected chi connectivity index (χ1v) is 7.30. The fourth-order valence-corrected chi connectivity index (χ4v) is 2.63. The molecule has 0 unspecified atom stereocenters. The van der Waals surface area contributed by atoms with E-state index in [9.17, 15) is 14.4 Å². The van der Waals surface area contributed by atoms with Crippen LogP contribution in [0, 0.1) is 13.8 Å². The zero-order valence-electron chi connectivity index (χ0n) is 12.9. The van der Waals surface area contributed by atoms with Crippen LogP contribution in [0.15, 0.2) is 42.5 Å². The highest BCUT2D eigenvalue weighted by molar-refractivity contribution is 6.52. The molecule has 0 aliphatic carbocycles. The Morgan fingerprint density at radius 2 is 1.78 bits per heavy atom. The van der Waals surface area contributed by atoms with Crippen molar-refractivity contribution in [2.24, 2.45) is 0 Å². The molecule has 1 aliphatic heterocycles. The summed E-state index contributed by atoms with van der Waals surface area (Å²) in [5.41, 5.74) is 3.59. The van der Waals surface area contributed by atoms with Gasteiger partial charge in [-0.1, -0.05) is 24.3 Å². The summed E-state index contributed by atoms with van der Waals surface area (Å²) in [5.74, 6) is -1.57. The number of carbonyl (C=O) groups is 3. The van der Waals surface area contributed by atoms with E-state index in [1.807, 2.05) is 32.0 Å². The van der Waals surface area contributed by atoms with Crippen LogP contribution in [0.3, 0.4) is 0 Å². The monoisotopic (exact) mass is 308 g/mol. The van der Waals surface area contributed by atoms with Crippen molar-refractivity contribution in [1.82, 2.24) is 0 Å². The molecule has 0 saturated heterocycles. The second-order valence-electron chi connectivity index (χ2n) is 5.53. The van der Waals surface area contributed by atoms with Gasteiger partial charge >= 0.3 is 0 Å². The number of fused-ring (bicyclic) bond motifs is 1. The minimum absolute atomic E-state index is 0.186. The fraction of sp³-hybridized carbons (Fsp3) is 0.167. The molecular weight excluding hydrogens is 292 g/mol. The summed E-state index contributed by atoms with van der Waals surface area (Å²) in [7, 11) is 0. The molecule has 1 heterocycles. The van der Waals surface area contributed by atoms with Crippen molar-refractivity contribution < 1.29 is 14.4 Å². The smallest absolute Gasteiger partial charge is 0.299 e. The van der Waals surface area contributed by atoms with E-state index in [0.29, 0.717) is 16.9 Å². The minimum atomic E-state index is -0.665. The Hall–Kier alpha value is -2.95. The van der Waals surface area contributed by atoms with Crippen LogP contribution >= 0.6 is 0 Å². The first kappa shape index (κ1) is 15.0. The number of hydrogen-bond donors (Lipinski definition) is 1. The Labute approximate surface area is 133 Å². The number of Topliss-reactive ketones (excluding diaryl/α,β-unsaturated/α-hetero) is 1. The number of hydrogen-bond acceptors (Lipinski definition) is 3. The molecule has 116 valence electrons. The van der Waals surface area contributed by atoms with Gasteiger partial charge in [0.1, 0.15) is 6.54 Å². The van der Waals surface area contributed by atoms with Gasteiger partial charge in [0, 0.05) is 5.69 Å². The van der Waals surface area contributed by atoms with Crippen molar-refractivity contribution in [3.63, 3.8) is 0 Å². The molecule has 2 aromatic rings. The predicted octanol–water partition coefficient (Wildman–Crippen LogP) is 2.47. The van der Waals surface area contributed by atoms with Gasteiger partial charge in [0.15, 0.2) is 0 Å². The van der Waals surface area contributed by atoms with E-state index >= 15 is 0 Å². The van der Waals surface area contributed by atoms with Gasteiger partial charge in [0.25, 0.3) is 11.7 Å². The zero-order valence-corrected chi connectivity index (χ0v) is 12.9. The van der Waals surface area contributed by atoms with Gasteiger partial charge in [-0.3, -0.25) is 19.3 Å². The van der Waals surface area contributed by atoms with Crippen molar-refractivity contribution in [3.05, 3.63) is 59.2 Å². The SMILES string of the molecule is Cc1cccc(NC(=O)CN2C(=O)C(=O)c3ccccc32)c1C. The highest BCUT2D eigenvalue weighted by Crippen LogP contribution is 2.28. The normalized spacial score (nSPS) is 13.2. The summed E-state index contributed by atoms with van der Waals surface area (Å²) in [6, 6.07) is 12.3. The summed E-state index contributed by atoms with van der Waals surface area (Å²) in [6.07, 6.45) is 0. The predicted molar refractivity (Wildman–Crippen MR) is 87.7 cm³/mol. The second-order valence-corrected chi connectivity index (χ2v) is 5.53. The molecule has 0 aromatic heterocycles. The van der Waals surface area contributed by atoms with E-state index in [1.165, 1.54) is 4.90 Å². The number of benzene rings is 2. The molecule has 0 radical (unpaired) electrons. The molecular formula is C18H16N2O3. The summed E-state index contributed by atoms with van der Waals surface area (Å²) in [6.45, 7) is 3.70. The highest BCUT2D eigenvalue weighted by Gasteiger charge is 2.36. The Morgan fingerprint density at radius 1 is 1.04 bits per heavy atom. The Morgan fingerprint density at radius 3 is 2.57 bits per heavy atom. The molecule has 0 bridgehead atoms. The molecule has 1 N–H and O–H groups in total. The number of carbonyl (C=O) groups excluding carboxylic acids is 3. The quantitative estimate of drug-likeness (QED) is 0.886. The molecule has 0 atom stereocenters. The van der Waals surface area contributed by atoms with Crippen molar-refractivity contribution in [3.8, 4) is 0 Å². The Kier molecular flexibility index (Phi) is 3.70. The molecule has 5 heteroatoms. The number of anilines is 2. The van der Waals surface area contributed by atoms with Crippen LogP contribution in [-0.2, 0) is 9.59 Å². The number of amides is 2. The zero-order chi connectivity index (χ0) is 16.6. The fourth-order valence-electron chi connectivity index (χ4n) is 2.63. The van der Waals surface area contributed by atoms with E-state index in [-0.39, 0.29) is 12.5 Å². The molecule has 23 heavy (non-hydrogen) atoms. The van der Waals surface area contributed by atoms with Gasteiger partial charge in [0.2, 0.25) is 5.91 Å². The lowest BCUT2D eigenvalue weighted by atomic mass is 10.1. The van der Waals surface area contributed by atoms with E-state index in [0.717, 1.165) is 11.1 Å². The number of ketones is 1. The topological polar surface area (TPSA) is 66.5 Å². The van der Waals surface area contributed by atoms with Crippen LogP contribution in [0.1, 0.15) is 21.5 Å². The molecule has 2 amide bonds. The van der Waals surface area contributed by atoms with Crippen LogP contribution < -0.4 is 10.2 Å². The maximum absolute atomic E-state index is 12.3. The lowest BCUT2D eigenvalue weighted by molar-refractivity contribution is -0.118. The van der Waals surface area contributed by atoms with Crippen LogP contribution in [0.25, 0.3) is 0 Å². The third-order valence-corrected chi connectivity index (χ3v) is 4.06. The summed E-state index contributed by atoms with van der Waals surface area (Å²) in [5, 5.41) is 2.80. The average molecular weight is 308 g/mol. The number of nitrogens with zero attached hydrogens (tertiary/aromatic N) is 1. The summed E-state index contributed by atoms with van der Waals surface area (Å²) in [4.78, 5) is 37.5. The third kappa shape index (κ3) is 2.61. The molecule has 1 aliphatic rings. The number of aryl methyl sites for hydroxylation is 1. The van der Waals surface area contributed by atoms with Gasteiger partial charge in [-0.2, -0.15) is 0 Å². The average Bonchev–Trinajstić information content (AvgIpc) is 2.77. The standard InChI is InChI=1S/C18H16N2O3/c1-11-6-5-8-14(12(11)2)19-16(21)10-20-15-9-4-3-7-13(15)17(22)18(20)23/h3-9H,10H2,1-2H3,(H,19,21). The number of rotatable bonds is 3. The third-order valence-electron chi connectivity index (χ3n) is 4.06. The maximum Gasteiger partial charge on any atom is 0.299 e. The molecule has 0 fully saturated rings. The van der Waals surface area contributed by atoms with Crippen molar-refractivity contribution in [2.45, 2.75) is 13.8 Å². The van der Waals surface area contributed by atoms with Crippen LogP contribution in [-0.4, -0.2) is 24.1 Å². The largest absolute Gasteiger partial charge is 0.324 e. The Balaban J connectivity index is 1.80. The van der Waals surface area contributed by atoms with Gasteiger partial charge in [-0.05, 0) is 43.2 Å². The first-order valence-electron chi connectivity index (χ1n) is 7.30. The Bertz CT molecular complexity index is 827. The minimum Gasteiger partial charge on any atom is -0.324 e. The summed E-state index contributed by atoms with van der Waals surface area (Å²) < 4.78 is 0. The van der Waals surface area contributed by atoms with Gasteiger partial charge in [-0.15, -0.1) is 0 Å². The lowest BCUT2D eigenvalue weighted by Gasteiger charge is -2.17. The van der Waals surface area contributed by atoms with Gasteiger partial charge in [-0.25, -0.2) is 0 Å².